The van der Waals surface area contributed by atoms with Crippen molar-refractivity contribution in [2.75, 3.05) is 6.61 Å². The number of ether oxygens (including phenoxy) is 2. The highest BCUT2D eigenvalue weighted by molar-refractivity contribution is 5.94. The first-order valence-corrected chi connectivity index (χ1v) is 2.85. The zero-order valence-electron chi connectivity index (χ0n) is 4.74. The minimum absolute atomic E-state index is 0.0174. The first-order chi connectivity index (χ1) is 4.36. The van der Waals surface area contributed by atoms with Gasteiger partial charge in [-0.25, -0.2) is 0 Å². The minimum Gasteiger partial charge on any atom is -0.346 e. The van der Waals surface area contributed by atoms with Crippen LogP contribution in [-0.4, -0.2) is 24.8 Å². The zero-order valence-corrected chi connectivity index (χ0v) is 4.74. The number of ketones is 1. The quantitative estimate of drug-likeness (QED) is 0.453. The molecule has 1 saturated heterocycles. The maximum Gasteiger partial charge on any atom is 0.186 e. The molecule has 0 amide bonds. The first kappa shape index (κ1) is 5.14. The van der Waals surface area contributed by atoms with Gasteiger partial charge in [0.1, 0.15) is 6.10 Å². The van der Waals surface area contributed by atoms with Crippen molar-refractivity contribution < 1.29 is 14.3 Å². The Morgan fingerprint density at radius 2 is 2.56 bits per heavy atom. The van der Waals surface area contributed by atoms with Crippen LogP contribution in [0.15, 0.2) is 12.2 Å². The largest absolute Gasteiger partial charge is 0.346 e. The summed E-state index contributed by atoms with van der Waals surface area (Å²) in [7, 11) is 0. The molecule has 2 aliphatic heterocycles. The Morgan fingerprint density at radius 1 is 1.67 bits per heavy atom. The third kappa shape index (κ3) is 0.693. The second kappa shape index (κ2) is 1.65. The molecule has 3 nitrogen and oxygen atoms in total. The maximum atomic E-state index is 10.8. The normalized spacial score (nSPS) is 39.8. The van der Waals surface area contributed by atoms with E-state index in [9.17, 15) is 4.79 Å². The molecule has 0 aromatic heterocycles. The van der Waals surface area contributed by atoms with Crippen molar-refractivity contribution in [2.45, 2.75) is 12.4 Å². The third-order valence-electron chi connectivity index (χ3n) is 1.45. The molecule has 3 heteroatoms. The number of hydrogen-bond acceptors (Lipinski definition) is 3. The summed E-state index contributed by atoms with van der Waals surface area (Å²) < 4.78 is 10.1. The Kier molecular flexibility index (Phi) is 0.944. The molecule has 9 heavy (non-hydrogen) atoms. The zero-order chi connectivity index (χ0) is 6.27. The van der Waals surface area contributed by atoms with Crippen LogP contribution in [0.1, 0.15) is 0 Å². The Balaban J connectivity index is 2.29. The fourth-order valence-corrected chi connectivity index (χ4v) is 0.954. The van der Waals surface area contributed by atoms with E-state index in [2.05, 4.69) is 0 Å². The summed E-state index contributed by atoms with van der Waals surface area (Å²) in [6.07, 6.45) is 2.57. The van der Waals surface area contributed by atoms with Crippen LogP contribution in [0.4, 0.5) is 0 Å². The average Bonchev–Trinajstić information content (AvgIpc) is 2.25. The fraction of sp³-hybridized carbons (Fsp3) is 0.500. The molecule has 0 aromatic carbocycles. The van der Waals surface area contributed by atoms with E-state index in [1.807, 2.05) is 0 Å². The fourth-order valence-electron chi connectivity index (χ4n) is 0.954. The highest BCUT2D eigenvalue weighted by Crippen LogP contribution is 2.17. The monoisotopic (exact) mass is 126 g/mol. The molecule has 0 saturated carbocycles. The molecule has 1 unspecified atom stereocenters. The Hall–Kier alpha value is -0.670. The van der Waals surface area contributed by atoms with Crippen molar-refractivity contribution in [3.8, 4) is 0 Å². The molecule has 2 bridgehead atoms. The van der Waals surface area contributed by atoms with Gasteiger partial charge >= 0.3 is 0 Å². The van der Waals surface area contributed by atoms with Gasteiger partial charge in [-0.15, -0.1) is 0 Å². The van der Waals surface area contributed by atoms with Crippen LogP contribution in [0.2, 0.25) is 0 Å². The third-order valence-corrected chi connectivity index (χ3v) is 1.45. The molecule has 1 fully saturated rings. The van der Waals surface area contributed by atoms with Crippen molar-refractivity contribution >= 4 is 5.78 Å². The molecule has 0 radical (unpaired) electrons. The van der Waals surface area contributed by atoms with Gasteiger partial charge in [0.25, 0.3) is 0 Å². The van der Waals surface area contributed by atoms with Crippen molar-refractivity contribution in [3.05, 3.63) is 12.2 Å². The summed E-state index contributed by atoms with van der Waals surface area (Å²) in [6, 6.07) is 0. The molecule has 2 aliphatic rings. The van der Waals surface area contributed by atoms with E-state index >= 15 is 0 Å². The van der Waals surface area contributed by atoms with Crippen molar-refractivity contribution in [1.29, 1.82) is 0 Å². The van der Waals surface area contributed by atoms with Gasteiger partial charge in [0.2, 0.25) is 0 Å². The average molecular weight is 126 g/mol. The van der Waals surface area contributed by atoms with Gasteiger partial charge in [0.05, 0.1) is 6.61 Å². The van der Waals surface area contributed by atoms with Crippen LogP contribution in [0.5, 0.6) is 0 Å². The van der Waals surface area contributed by atoms with Gasteiger partial charge in [-0.3, -0.25) is 4.79 Å². The summed E-state index contributed by atoms with van der Waals surface area (Å²) in [5.41, 5.74) is 0. The summed E-state index contributed by atoms with van der Waals surface area (Å²) >= 11 is 0. The molecule has 0 N–H and O–H groups in total. The molecule has 2 heterocycles. The second-order valence-electron chi connectivity index (χ2n) is 2.09. The topological polar surface area (TPSA) is 35.5 Å². The standard InChI is InChI=1S/C6H6O3/c7-4-1-2-6-8-3-5(4)9-6/h1-2,5-6H,3H2/t5?,6-/m1/s1. The number of rotatable bonds is 0. The van der Waals surface area contributed by atoms with Gasteiger partial charge in [-0.2, -0.15) is 0 Å². The van der Waals surface area contributed by atoms with Crippen LogP contribution in [0.3, 0.4) is 0 Å². The number of fused-ring (bicyclic) bond motifs is 2. The first-order valence-electron chi connectivity index (χ1n) is 2.85. The van der Waals surface area contributed by atoms with Gasteiger partial charge in [0.15, 0.2) is 12.1 Å². The van der Waals surface area contributed by atoms with Gasteiger partial charge in [0, 0.05) is 0 Å². The molecule has 2 rings (SSSR count). The van der Waals surface area contributed by atoms with E-state index in [0.29, 0.717) is 6.61 Å². The lowest BCUT2D eigenvalue weighted by atomic mass is 10.2. The smallest absolute Gasteiger partial charge is 0.186 e. The lowest BCUT2D eigenvalue weighted by molar-refractivity contribution is -0.126. The molecule has 0 aromatic rings. The van der Waals surface area contributed by atoms with Gasteiger partial charge in [-0.05, 0) is 12.2 Å². The minimum atomic E-state index is -0.319. The molecular weight excluding hydrogens is 120 g/mol. The van der Waals surface area contributed by atoms with Crippen molar-refractivity contribution in [3.63, 3.8) is 0 Å². The number of hydrogen-bond donors (Lipinski definition) is 0. The Labute approximate surface area is 52.3 Å². The Bertz CT molecular complexity index is 173. The summed E-state index contributed by atoms with van der Waals surface area (Å²) in [6.45, 7) is 0.413. The summed E-state index contributed by atoms with van der Waals surface area (Å²) in [5.74, 6) is 0.0174. The predicted molar refractivity (Wildman–Crippen MR) is 28.8 cm³/mol. The van der Waals surface area contributed by atoms with E-state index in [0.717, 1.165) is 0 Å². The molecule has 48 valence electrons. The van der Waals surface area contributed by atoms with Crippen LogP contribution in [0, 0.1) is 0 Å². The highest BCUT2D eigenvalue weighted by atomic mass is 16.7. The Morgan fingerprint density at radius 3 is 3.33 bits per heavy atom. The number of carbonyl (C=O) groups excluding carboxylic acids is 1. The lowest BCUT2D eigenvalue weighted by Gasteiger charge is -2.08. The van der Waals surface area contributed by atoms with Crippen molar-refractivity contribution in [2.24, 2.45) is 0 Å². The van der Waals surface area contributed by atoms with E-state index < -0.39 is 0 Å². The molecule has 2 atom stereocenters. The van der Waals surface area contributed by atoms with Gasteiger partial charge < -0.3 is 9.47 Å². The summed E-state index contributed by atoms with van der Waals surface area (Å²) in [4.78, 5) is 10.8. The SMILES string of the molecule is O=C1C=C[C@@H]2OCC1O2. The van der Waals surface area contributed by atoms with Crippen LogP contribution in [0.25, 0.3) is 0 Å². The van der Waals surface area contributed by atoms with Crippen molar-refractivity contribution in [1.82, 2.24) is 0 Å². The second-order valence-corrected chi connectivity index (χ2v) is 2.09. The summed E-state index contributed by atoms with van der Waals surface area (Å²) in [5, 5.41) is 0. The van der Waals surface area contributed by atoms with E-state index in [-0.39, 0.29) is 18.2 Å². The molecule has 0 spiro atoms. The van der Waals surface area contributed by atoms with Crippen LogP contribution in [-0.2, 0) is 14.3 Å². The van der Waals surface area contributed by atoms with Crippen LogP contribution >= 0.6 is 0 Å². The predicted octanol–water partition coefficient (Wildman–Crippen LogP) is -0.133. The highest BCUT2D eigenvalue weighted by Gasteiger charge is 2.32. The molecular formula is C6H6O3. The van der Waals surface area contributed by atoms with Gasteiger partial charge in [-0.1, -0.05) is 0 Å². The maximum absolute atomic E-state index is 10.8. The van der Waals surface area contributed by atoms with Crippen LogP contribution < -0.4 is 0 Å². The van der Waals surface area contributed by atoms with E-state index in [4.69, 9.17) is 9.47 Å². The van der Waals surface area contributed by atoms with E-state index in [1.54, 1.807) is 6.08 Å². The lowest BCUT2D eigenvalue weighted by Crippen LogP contribution is -2.24. The molecule has 0 aliphatic carbocycles. The number of carbonyl (C=O) groups is 1. The van der Waals surface area contributed by atoms with E-state index in [1.165, 1.54) is 6.08 Å².